The summed E-state index contributed by atoms with van der Waals surface area (Å²) < 4.78 is 10.2. The van der Waals surface area contributed by atoms with Crippen molar-refractivity contribution in [3.8, 4) is 0 Å². The average Bonchev–Trinajstić information content (AvgIpc) is 2.60. The van der Waals surface area contributed by atoms with E-state index in [0.29, 0.717) is 13.2 Å². The van der Waals surface area contributed by atoms with E-state index >= 15 is 0 Å². The minimum absolute atomic E-state index is 0.262. The SMILES string of the molecule is CCCCOC(=O)c1ccccc1C(=O)OCCC.O=C(O)CO. The molecule has 0 unspecified atom stereocenters. The number of carboxylic acids is 1. The van der Waals surface area contributed by atoms with Gasteiger partial charge >= 0.3 is 17.9 Å². The Hall–Kier alpha value is -2.41. The summed E-state index contributed by atoms with van der Waals surface area (Å²) in [4.78, 5) is 32.8. The number of unbranched alkanes of at least 4 members (excludes halogenated alkanes) is 1. The highest BCUT2D eigenvalue weighted by molar-refractivity contribution is 6.03. The third kappa shape index (κ3) is 8.89. The lowest BCUT2D eigenvalue weighted by Gasteiger charge is -2.09. The molecule has 7 heteroatoms. The third-order valence-corrected chi connectivity index (χ3v) is 2.67. The molecular formula is C17H24O7. The van der Waals surface area contributed by atoms with Crippen molar-refractivity contribution in [1.82, 2.24) is 0 Å². The van der Waals surface area contributed by atoms with Gasteiger partial charge in [0, 0.05) is 0 Å². The van der Waals surface area contributed by atoms with Crippen LogP contribution in [0.1, 0.15) is 53.8 Å². The second kappa shape index (κ2) is 13.1. The van der Waals surface area contributed by atoms with E-state index in [9.17, 15) is 9.59 Å². The first-order valence-corrected chi connectivity index (χ1v) is 7.73. The lowest BCUT2D eigenvalue weighted by Crippen LogP contribution is -2.14. The van der Waals surface area contributed by atoms with Gasteiger partial charge in [0.1, 0.15) is 6.61 Å². The predicted octanol–water partition coefficient (Wildman–Crippen LogP) is 2.27. The van der Waals surface area contributed by atoms with Crippen molar-refractivity contribution in [2.75, 3.05) is 19.8 Å². The van der Waals surface area contributed by atoms with Gasteiger partial charge < -0.3 is 19.7 Å². The van der Waals surface area contributed by atoms with Crippen molar-refractivity contribution >= 4 is 17.9 Å². The van der Waals surface area contributed by atoms with Crippen LogP contribution in [-0.4, -0.2) is 47.9 Å². The van der Waals surface area contributed by atoms with Crippen LogP contribution in [0, 0.1) is 0 Å². The first-order chi connectivity index (χ1) is 11.5. The minimum atomic E-state index is -1.19. The predicted molar refractivity (Wildman–Crippen MR) is 86.9 cm³/mol. The Labute approximate surface area is 141 Å². The molecule has 1 aromatic carbocycles. The van der Waals surface area contributed by atoms with Gasteiger partial charge in [0.05, 0.1) is 24.3 Å². The molecule has 0 saturated carbocycles. The highest BCUT2D eigenvalue weighted by atomic mass is 16.5. The fourth-order valence-corrected chi connectivity index (χ4v) is 1.50. The first-order valence-electron chi connectivity index (χ1n) is 7.73. The standard InChI is InChI=1S/C15H20O4.C2H4O3/c1-3-5-11-19-15(17)13-9-7-6-8-12(13)14(16)18-10-4-2;3-1-2(4)5/h6-9H,3-5,10-11H2,1-2H3;3H,1H2,(H,4,5). The van der Waals surface area contributed by atoms with Crippen LogP contribution >= 0.6 is 0 Å². The van der Waals surface area contributed by atoms with E-state index in [0.717, 1.165) is 19.3 Å². The molecule has 134 valence electrons. The van der Waals surface area contributed by atoms with Crippen molar-refractivity contribution < 1.29 is 34.1 Å². The number of carbonyl (C=O) groups is 3. The fraction of sp³-hybridized carbons (Fsp3) is 0.471. The first kappa shape index (κ1) is 21.6. The van der Waals surface area contributed by atoms with Crippen LogP contribution < -0.4 is 0 Å². The van der Waals surface area contributed by atoms with Crippen molar-refractivity contribution in [3.05, 3.63) is 35.4 Å². The number of carbonyl (C=O) groups excluding carboxylic acids is 2. The molecule has 0 atom stereocenters. The molecule has 0 aliphatic rings. The van der Waals surface area contributed by atoms with Crippen molar-refractivity contribution in [2.24, 2.45) is 0 Å². The lowest BCUT2D eigenvalue weighted by molar-refractivity contribution is -0.140. The monoisotopic (exact) mass is 340 g/mol. The maximum Gasteiger partial charge on any atom is 0.339 e. The second-order valence-electron chi connectivity index (χ2n) is 4.72. The van der Waals surface area contributed by atoms with Gasteiger partial charge in [-0.3, -0.25) is 0 Å². The number of esters is 2. The lowest BCUT2D eigenvalue weighted by atomic mass is 10.1. The van der Waals surface area contributed by atoms with Gasteiger partial charge in [0.15, 0.2) is 0 Å². The molecule has 0 fully saturated rings. The van der Waals surface area contributed by atoms with Crippen LogP contribution in [0.3, 0.4) is 0 Å². The molecule has 7 nitrogen and oxygen atoms in total. The molecule has 0 aromatic heterocycles. The molecule has 1 rings (SSSR count). The van der Waals surface area contributed by atoms with Crippen LogP contribution in [0.15, 0.2) is 24.3 Å². The van der Waals surface area contributed by atoms with Crippen molar-refractivity contribution in [3.63, 3.8) is 0 Å². The molecular weight excluding hydrogens is 316 g/mol. The summed E-state index contributed by atoms with van der Waals surface area (Å²) in [6.45, 7) is 3.87. The Morgan fingerprint density at radius 2 is 1.38 bits per heavy atom. The van der Waals surface area contributed by atoms with Gasteiger partial charge in [-0.2, -0.15) is 0 Å². The number of hydrogen-bond donors (Lipinski definition) is 2. The van der Waals surface area contributed by atoms with Gasteiger partial charge in [-0.1, -0.05) is 32.4 Å². The van der Waals surface area contributed by atoms with Crippen molar-refractivity contribution in [1.29, 1.82) is 0 Å². The summed E-state index contributed by atoms with van der Waals surface area (Å²) >= 11 is 0. The van der Waals surface area contributed by atoms with Gasteiger partial charge in [-0.15, -0.1) is 0 Å². The molecule has 0 aliphatic carbocycles. The Kier molecular flexibility index (Phi) is 11.8. The number of hydrogen-bond acceptors (Lipinski definition) is 6. The zero-order chi connectivity index (χ0) is 18.4. The Morgan fingerprint density at radius 3 is 1.75 bits per heavy atom. The van der Waals surface area contributed by atoms with E-state index in [4.69, 9.17) is 24.5 Å². The van der Waals surface area contributed by atoms with Crippen molar-refractivity contribution in [2.45, 2.75) is 33.1 Å². The van der Waals surface area contributed by atoms with Gasteiger partial charge in [0.25, 0.3) is 0 Å². The maximum atomic E-state index is 11.9. The van der Waals surface area contributed by atoms with Crippen LogP contribution in [-0.2, 0) is 14.3 Å². The molecule has 1 aromatic rings. The van der Waals surface area contributed by atoms with Crippen LogP contribution in [0.25, 0.3) is 0 Å². The fourth-order valence-electron chi connectivity index (χ4n) is 1.50. The number of carboxylic acid groups (broad SMARTS) is 1. The highest BCUT2D eigenvalue weighted by Gasteiger charge is 2.18. The van der Waals surface area contributed by atoms with E-state index in [1.165, 1.54) is 0 Å². The molecule has 0 radical (unpaired) electrons. The summed E-state index contributed by atoms with van der Waals surface area (Å²) in [7, 11) is 0. The number of rotatable bonds is 8. The van der Waals surface area contributed by atoms with E-state index in [1.807, 2.05) is 13.8 Å². The Balaban J connectivity index is 0.000000922. The minimum Gasteiger partial charge on any atom is -0.480 e. The summed E-state index contributed by atoms with van der Waals surface area (Å²) in [5.74, 6) is -2.15. The molecule has 0 amide bonds. The Bertz CT molecular complexity index is 525. The van der Waals surface area contributed by atoms with E-state index in [-0.39, 0.29) is 11.1 Å². The average molecular weight is 340 g/mol. The van der Waals surface area contributed by atoms with Gasteiger partial charge in [-0.05, 0) is 25.0 Å². The molecule has 2 N–H and O–H groups in total. The number of ether oxygens (including phenoxy) is 2. The summed E-state index contributed by atoms with van der Waals surface area (Å²) in [6.07, 6.45) is 2.51. The van der Waals surface area contributed by atoms with E-state index < -0.39 is 24.5 Å². The van der Waals surface area contributed by atoms with Gasteiger partial charge in [-0.25, -0.2) is 14.4 Å². The summed E-state index contributed by atoms with van der Waals surface area (Å²) in [6, 6.07) is 6.56. The smallest absolute Gasteiger partial charge is 0.339 e. The van der Waals surface area contributed by atoms with E-state index in [2.05, 4.69) is 0 Å². The largest absolute Gasteiger partial charge is 0.480 e. The Morgan fingerprint density at radius 1 is 0.917 bits per heavy atom. The second-order valence-corrected chi connectivity index (χ2v) is 4.72. The molecule has 0 saturated heterocycles. The normalized spacial score (nSPS) is 9.46. The third-order valence-electron chi connectivity index (χ3n) is 2.67. The number of aliphatic carboxylic acids is 1. The maximum absolute atomic E-state index is 11.9. The van der Waals surface area contributed by atoms with Gasteiger partial charge in [0.2, 0.25) is 0 Å². The zero-order valence-corrected chi connectivity index (χ0v) is 14.0. The summed E-state index contributed by atoms with van der Waals surface area (Å²) in [5.41, 5.74) is 0.525. The summed E-state index contributed by atoms with van der Waals surface area (Å²) in [5, 5.41) is 15.0. The zero-order valence-electron chi connectivity index (χ0n) is 14.0. The topological polar surface area (TPSA) is 110 Å². The molecule has 0 bridgehead atoms. The van der Waals surface area contributed by atoms with E-state index in [1.54, 1.807) is 24.3 Å². The number of aliphatic hydroxyl groups excluding tert-OH is 1. The van der Waals surface area contributed by atoms with Crippen LogP contribution in [0.2, 0.25) is 0 Å². The number of aliphatic hydroxyl groups is 1. The quantitative estimate of drug-likeness (QED) is 0.551. The molecule has 0 spiro atoms. The molecule has 0 heterocycles. The van der Waals surface area contributed by atoms with Crippen LogP contribution in [0.5, 0.6) is 0 Å². The van der Waals surface area contributed by atoms with Crippen LogP contribution in [0.4, 0.5) is 0 Å². The molecule has 0 aliphatic heterocycles. The number of benzene rings is 1. The molecule has 24 heavy (non-hydrogen) atoms. The highest BCUT2D eigenvalue weighted by Crippen LogP contribution is 2.12.